The van der Waals surface area contributed by atoms with Crippen LogP contribution in [0, 0.1) is 11.8 Å². The average molecular weight is 391 g/mol. The maximum absolute atomic E-state index is 13.0. The second-order valence-electron chi connectivity index (χ2n) is 8.77. The van der Waals surface area contributed by atoms with Crippen molar-refractivity contribution in [2.24, 2.45) is 11.8 Å². The first-order chi connectivity index (χ1) is 13.9. The number of carbonyl (C=O) groups excluding carboxylic acids is 1. The Morgan fingerprint density at radius 3 is 2.72 bits per heavy atom. The molecule has 0 bridgehead atoms. The number of aromatic amines is 1. The van der Waals surface area contributed by atoms with Crippen LogP contribution in [0.4, 0.5) is 0 Å². The zero-order valence-corrected chi connectivity index (χ0v) is 17.6. The van der Waals surface area contributed by atoms with Crippen LogP contribution in [0.15, 0.2) is 54.7 Å². The summed E-state index contributed by atoms with van der Waals surface area (Å²) in [6, 6.07) is 17.0. The van der Waals surface area contributed by atoms with E-state index in [0.29, 0.717) is 12.5 Å². The molecule has 1 fully saturated rings. The van der Waals surface area contributed by atoms with Gasteiger partial charge in [0, 0.05) is 23.4 Å². The average Bonchev–Trinajstić information content (AvgIpc) is 3.05. The molecule has 0 spiro atoms. The van der Waals surface area contributed by atoms with E-state index >= 15 is 0 Å². The van der Waals surface area contributed by atoms with Gasteiger partial charge in [-0.05, 0) is 49.7 Å². The van der Waals surface area contributed by atoms with E-state index in [1.54, 1.807) is 0 Å². The molecule has 1 aromatic heterocycles. The number of fused-ring (bicyclic) bond motifs is 1. The third kappa shape index (κ3) is 3.67. The number of aromatic nitrogens is 2. The quantitative estimate of drug-likeness (QED) is 0.650. The standard InChI is InChI=1S/C24H30N4O/c1-16-22(24(16,2)19-8-6-5-7-9-19)23(29)25-15-20(28(3)4)13-17-10-11-21-18(12-17)14-26-27-21/h5-12,14,16,20,22H,13,15H2,1-4H3,(H,25,29)(H,26,27)/t16?,20-,22?,24-/m0/s1. The monoisotopic (exact) mass is 390 g/mol. The third-order valence-electron chi connectivity index (χ3n) is 6.88. The highest BCUT2D eigenvalue weighted by Crippen LogP contribution is 2.59. The van der Waals surface area contributed by atoms with Crippen molar-refractivity contribution >= 4 is 16.8 Å². The lowest BCUT2D eigenvalue weighted by Crippen LogP contribution is -2.42. The summed E-state index contributed by atoms with van der Waals surface area (Å²) in [6.07, 6.45) is 2.73. The van der Waals surface area contributed by atoms with Crippen molar-refractivity contribution in [1.82, 2.24) is 20.4 Å². The number of benzene rings is 2. The molecular formula is C24H30N4O. The molecule has 3 aromatic rings. The number of hydrogen-bond donors (Lipinski definition) is 2. The highest BCUT2D eigenvalue weighted by Gasteiger charge is 2.62. The van der Waals surface area contributed by atoms with Crippen molar-refractivity contribution < 1.29 is 4.79 Å². The summed E-state index contributed by atoms with van der Waals surface area (Å²) in [6.45, 7) is 5.03. The van der Waals surface area contributed by atoms with Gasteiger partial charge in [0.25, 0.3) is 0 Å². The van der Waals surface area contributed by atoms with Crippen LogP contribution in [0.1, 0.15) is 25.0 Å². The first-order valence-electron chi connectivity index (χ1n) is 10.3. The number of hydrogen-bond acceptors (Lipinski definition) is 3. The van der Waals surface area contributed by atoms with Crippen molar-refractivity contribution in [1.29, 1.82) is 0 Å². The van der Waals surface area contributed by atoms with Crippen molar-refractivity contribution in [3.8, 4) is 0 Å². The second-order valence-corrected chi connectivity index (χ2v) is 8.77. The minimum Gasteiger partial charge on any atom is -0.354 e. The predicted molar refractivity (Wildman–Crippen MR) is 117 cm³/mol. The lowest BCUT2D eigenvalue weighted by molar-refractivity contribution is -0.123. The van der Waals surface area contributed by atoms with E-state index in [-0.39, 0.29) is 23.3 Å². The number of H-pyrrole nitrogens is 1. The van der Waals surface area contributed by atoms with Crippen molar-refractivity contribution in [2.45, 2.75) is 31.7 Å². The molecule has 2 unspecified atom stereocenters. The molecule has 29 heavy (non-hydrogen) atoms. The number of nitrogens with one attached hydrogen (secondary N) is 2. The Labute approximate surface area is 172 Å². The maximum atomic E-state index is 13.0. The van der Waals surface area contributed by atoms with E-state index < -0.39 is 0 Å². The highest BCUT2D eigenvalue weighted by molar-refractivity contribution is 5.85. The lowest BCUT2D eigenvalue weighted by atomic mass is 9.94. The van der Waals surface area contributed by atoms with E-state index in [4.69, 9.17) is 0 Å². The van der Waals surface area contributed by atoms with Crippen LogP contribution in [0.5, 0.6) is 0 Å². The van der Waals surface area contributed by atoms with Gasteiger partial charge in [0.05, 0.1) is 17.6 Å². The summed E-state index contributed by atoms with van der Waals surface area (Å²) >= 11 is 0. The second kappa shape index (κ2) is 7.64. The molecule has 5 heteroatoms. The van der Waals surface area contributed by atoms with Crippen LogP contribution >= 0.6 is 0 Å². The first-order valence-corrected chi connectivity index (χ1v) is 10.3. The Hall–Kier alpha value is -2.66. The van der Waals surface area contributed by atoms with Crippen LogP contribution < -0.4 is 5.32 Å². The van der Waals surface area contributed by atoms with E-state index in [1.807, 2.05) is 12.3 Å². The molecule has 1 aliphatic rings. The molecule has 152 valence electrons. The van der Waals surface area contributed by atoms with Crippen LogP contribution in [0.2, 0.25) is 0 Å². The summed E-state index contributed by atoms with van der Waals surface area (Å²) in [5.41, 5.74) is 3.49. The third-order valence-corrected chi connectivity index (χ3v) is 6.88. The Bertz CT molecular complexity index is 996. The zero-order chi connectivity index (χ0) is 20.6. The minimum atomic E-state index is -0.0642. The number of likely N-dealkylation sites (N-methyl/N-ethyl adjacent to an activating group) is 1. The van der Waals surface area contributed by atoms with Crippen LogP contribution in [-0.2, 0) is 16.6 Å². The summed E-state index contributed by atoms with van der Waals surface area (Å²) in [4.78, 5) is 15.2. The van der Waals surface area contributed by atoms with Gasteiger partial charge < -0.3 is 10.2 Å². The fourth-order valence-corrected chi connectivity index (χ4v) is 4.62. The van der Waals surface area contributed by atoms with E-state index in [9.17, 15) is 4.79 Å². The summed E-state index contributed by atoms with van der Waals surface area (Å²) in [5, 5.41) is 11.4. The van der Waals surface area contributed by atoms with Gasteiger partial charge >= 0.3 is 0 Å². The van der Waals surface area contributed by atoms with Gasteiger partial charge in [0.15, 0.2) is 0 Å². The largest absolute Gasteiger partial charge is 0.354 e. The topological polar surface area (TPSA) is 61.0 Å². The maximum Gasteiger partial charge on any atom is 0.224 e. The number of nitrogens with zero attached hydrogens (tertiary/aromatic N) is 2. The van der Waals surface area contributed by atoms with Crippen LogP contribution in [-0.4, -0.2) is 47.7 Å². The summed E-state index contributed by atoms with van der Waals surface area (Å²) in [5.74, 6) is 0.558. The molecule has 5 nitrogen and oxygen atoms in total. The van der Waals surface area contributed by atoms with Gasteiger partial charge in [-0.15, -0.1) is 0 Å². The van der Waals surface area contributed by atoms with Gasteiger partial charge in [0.1, 0.15) is 0 Å². The van der Waals surface area contributed by atoms with Gasteiger partial charge in [-0.2, -0.15) is 5.10 Å². The van der Waals surface area contributed by atoms with Gasteiger partial charge in [-0.3, -0.25) is 9.89 Å². The molecule has 4 rings (SSSR count). The first kappa shape index (κ1) is 19.6. The fraction of sp³-hybridized carbons (Fsp3) is 0.417. The smallest absolute Gasteiger partial charge is 0.224 e. The molecule has 2 N–H and O–H groups in total. The Balaban J connectivity index is 1.40. The summed E-state index contributed by atoms with van der Waals surface area (Å²) in [7, 11) is 4.14. The lowest BCUT2D eigenvalue weighted by Gasteiger charge is -2.25. The van der Waals surface area contributed by atoms with Gasteiger partial charge in [0.2, 0.25) is 5.91 Å². The molecule has 1 aliphatic carbocycles. The molecule has 4 atom stereocenters. The van der Waals surface area contributed by atoms with Crippen molar-refractivity contribution in [2.75, 3.05) is 20.6 Å². The van der Waals surface area contributed by atoms with Gasteiger partial charge in [-0.25, -0.2) is 0 Å². The van der Waals surface area contributed by atoms with Crippen LogP contribution in [0.25, 0.3) is 10.9 Å². The molecule has 1 saturated carbocycles. The normalized spacial score (nSPS) is 24.6. The number of amides is 1. The molecule has 0 aliphatic heterocycles. The predicted octanol–water partition coefficient (Wildman–Crippen LogP) is 3.38. The van der Waals surface area contributed by atoms with Crippen LogP contribution in [0.3, 0.4) is 0 Å². The zero-order valence-electron chi connectivity index (χ0n) is 17.6. The highest BCUT2D eigenvalue weighted by atomic mass is 16.2. The molecule has 1 amide bonds. The Morgan fingerprint density at radius 2 is 2.00 bits per heavy atom. The number of rotatable bonds is 7. The Kier molecular flexibility index (Phi) is 5.17. The fourth-order valence-electron chi connectivity index (χ4n) is 4.62. The van der Waals surface area contributed by atoms with E-state index in [1.165, 1.54) is 11.1 Å². The molecule has 0 saturated heterocycles. The summed E-state index contributed by atoms with van der Waals surface area (Å²) < 4.78 is 0. The molecule has 2 aromatic carbocycles. The molecule has 1 heterocycles. The van der Waals surface area contributed by atoms with Crippen molar-refractivity contribution in [3.63, 3.8) is 0 Å². The van der Waals surface area contributed by atoms with E-state index in [0.717, 1.165) is 17.3 Å². The van der Waals surface area contributed by atoms with Gasteiger partial charge in [-0.1, -0.05) is 50.2 Å². The Morgan fingerprint density at radius 1 is 1.24 bits per heavy atom. The number of carbonyl (C=O) groups is 1. The minimum absolute atomic E-state index is 0.0370. The molecular weight excluding hydrogens is 360 g/mol. The van der Waals surface area contributed by atoms with Crippen molar-refractivity contribution in [3.05, 3.63) is 65.9 Å². The van der Waals surface area contributed by atoms with E-state index in [2.05, 4.69) is 90.8 Å². The SMILES string of the molecule is CC1C(C(=O)NC[C@H](Cc2ccc3[nH]ncc3c2)N(C)C)[C@]1(C)c1ccccc1. The molecule has 0 radical (unpaired) electrons.